The Kier molecular flexibility index (Phi) is 3.33. The van der Waals surface area contributed by atoms with Crippen LogP contribution in [0.15, 0.2) is 48.0 Å². The first-order valence-electron chi connectivity index (χ1n) is 8.50. The van der Waals surface area contributed by atoms with Gasteiger partial charge in [-0.3, -0.25) is 19.7 Å². The summed E-state index contributed by atoms with van der Waals surface area (Å²) in [5, 5.41) is 4.99. The second-order valence-corrected chi connectivity index (χ2v) is 7.75. The molecule has 1 aromatic heterocycles. The first-order chi connectivity index (χ1) is 12.6. The van der Waals surface area contributed by atoms with Crippen molar-refractivity contribution < 1.29 is 14.4 Å². The number of nitrogens with one attached hydrogen (secondary N) is 1. The maximum Gasteiger partial charge on any atom is 0.257 e. The third-order valence-electron chi connectivity index (χ3n) is 5.49. The molecule has 1 saturated heterocycles. The number of anilines is 2. The van der Waals surface area contributed by atoms with Crippen LogP contribution in [0.1, 0.15) is 16.8 Å². The lowest BCUT2D eigenvalue weighted by molar-refractivity contribution is -0.123. The summed E-state index contributed by atoms with van der Waals surface area (Å²) >= 11 is 1.33. The van der Waals surface area contributed by atoms with Crippen LogP contribution in [-0.2, 0) is 9.59 Å². The first kappa shape index (κ1) is 15.5. The van der Waals surface area contributed by atoms with Crippen molar-refractivity contribution >= 4 is 39.9 Å². The van der Waals surface area contributed by atoms with Crippen LogP contribution < -0.4 is 10.2 Å². The van der Waals surface area contributed by atoms with E-state index in [0.717, 1.165) is 6.42 Å². The largest absolute Gasteiger partial charge is 0.298 e. The fraction of sp³-hybridized carbons (Fsp3) is 0.263. The van der Waals surface area contributed by atoms with Gasteiger partial charge in [0.2, 0.25) is 11.8 Å². The van der Waals surface area contributed by atoms with Gasteiger partial charge in [-0.05, 0) is 36.5 Å². The standard InChI is InChI=1S/C19H15N3O3S/c23-16(21-19-20-6-7-26-19)12-2-1-3-13(9-12)22-17(24)14-10-4-5-11(8-10)15(14)18(22)25/h1-7,9-11,14-15H,8H2,(H,20,21,23)/t10-,11-,14-,15+/m1/s1. The van der Waals surface area contributed by atoms with E-state index in [-0.39, 0.29) is 41.4 Å². The SMILES string of the molecule is O=C(Nc1nccs1)c1cccc(N2C(=O)[C@@H]3[C@H](C2=O)[C@@H]2C=C[C@@H]3C2)c1. The van der Waals surface area contributed by atoms with E-state index in [9.17, 15) is 14.4 Å². The Morgan fingerprint density at radius 2 is 1.88 bits per heavy atom. The molecule has 130 valence electrons. The molecule has 1 aliphatic heterocycles. The van der Waals surface area contributed by atoms with Gasteiger partial charge in [-0.25, -0.2) is 9.88 Å². The fourth-order valence-electron chi connectivity index (χ4n) is 4.40. The third kappa shape index (κ3) is 2.17. The van der Waals surface area contributed by atoms with Crippen molar-refractivity contribution in [2.45, 2.75) is 6.42 Å². The Bertz CT molecular complexity index is 923. The number of imide groups is 1. The summed E-state index contributed by atoms with van der Waals surface area (Å²) in [7, 11) is 0. The number of aromatic nitrogens is 1. The molecule has 3 aliphatic rings. The van der Waals surface area contributed by atoms with E-state index >= 15 is 0 Å². The van der Waals surface area contributed by atoms with Crippen LogP contribution in [0, 0.1) is 23.7 Å². The van der Waals surface area contributed by atoms with Gasteiger partial charge in [-0.2, -0.15) is 0 Å². The van der Waals surface area contributed by atoms with Gasteiger partial charge in [0.15, 0.2) is 5.13 Å². The molecule has 2 heterocycles. The minimum atomic E-state index is -0.317. The Labute approximate surface area is 153 Å². The second-order valence-electron chi connectivity index (χ2n) is 6.85. The van der Waals surface area contributed by atoms with Crippen LogP contribution >= 0.6 is 11.3 Å². The molecule has 1 N–H and O–H groups in total. The van der Waals surface area contributed by atoms with Crippen molar-refractivity contribution in [3.8, 4) is 0 Å². The summed E-state index contributed by atoms with van der Waals surface area (Å²) in [4.78, 5) is 43.5. The molecule has 2 aromatic rings. The predicted octanol–water partition coefficient (Wildman–Crippen LogP) is 2.71. The maximum absolute atomic E-state index is 12.9. The Morgan fingerprint density at radius 1 is 1.15 bits per heavy atom. The third-order valence-corrected chi connectivity index (χ3v) is 6.18. The molecular formula is C19H15N3O3S. The molecule has 2 fully saturated rings. The zero-order valence-electron chi connectivity index (χ0n) is 13.7. The van der Waals surface area contributed by atoms with Crippen molar-refractivity contribution in [1.82, 2.24) is 4.98 Å². The lowest BCUT2D eigenvalue weighted by Gasteiger charge is -2.18. The molecule has 4 atom stereocenters. The number of nitrogens with zero attached hydrogens (tertiary/aromatic N) is 2. The number of carbonyl (C=O) groups is 3. The monoisotopic (exact) mass is 365 g/mol. The van der Waals surface area contributed by atoms with Gasteiger partial charge in [-0.1, -0.05) is 18.2 Å². The van der Waals surface area contributed by atoms with Crippen LogP contribution in [0.25, 0.3) is 0 Å². The van der Waals surface area contributed by atoms with Crippen molar-refractivity contribution in [1.29, 1.82) is 0 Å². The summed E-state index contributed by atoms with van der Waals surface area (Å²) < 4.78 is 0. The van der Waals surface area contributed by atoms with E-state index in [0.29, 0.717) is 16.4 Å². The minimum absolute atomic E-state index is 0.144. The van der Waals surface area contributed by atoms with Crippen LogP contribution in [-0.4, -0.2) is 22.7 Å². The zero-order valence-corrected chi connectivity index (χ0v) is 14.5. The fourth-order valence-corrected chi connectivity index (χ4v) is 4.92. The average Bonchev–Trinajstić information content (AvgIpc) is 3.41. The van der Waals surface area contributed by atoms with Gasteiger partial charge in [0.05, 0.1) is 17.5 Å². The molecular weight excluding hydrogens is 350 g/mol. The smallest absolute Gasteiger partial charge is 0.257 e. The van der Waals surface area contributed by atoms with Crippen LogP contribution in [0.5, 0.6) is 0 Å². The van der Waals surface area contributed by atoms with E-state index in [2.05, 4.69) is 22.5 Å². The number of benzene rings is 1. The quantitative estimate of drug-likeness (QED) is 0.670. The summed E-state index contributed by atoms with van der Waals surface area (Å²) in [6.07, 6.45) is 6.65. The van der Waals surface area contributed by atoms with E-state index in [4.69, 9.17) is 0 Å². The molecule has 1 saturated carbocycles. The van der Waals surface area contributed by atoms with Gasteiger partial charge < -0.3 is 0 Å². The van der Waals surface area contributed by atoms with Gasteiger partial charge >= 0.3 is 0 Å². The maximum atomic E-state index is 12.9. The Morgan fingerprint density at radius 3 is 2.54 bits per heavy atom. The van der Waals surface area contributed by atoms with E-state index in [1.165, 1.54) is 16.2 Å². The topological polar surface area (TPSA) is 79.4 Å². The highest BCUT2D eigenvalue weighted by Crippen LogP contribution is 2.53. The molecule has 26 heavy (non-hydrogen) atoms. The highest BCUT2D eigenvalue weighted by Gasteiger charge is 2.59. The summed E-state index contributed by atoms with van der Waals surface area (Å²) in [6.45, 7) is 0. The molecule has 2 bridgehead atoms. The summed E-state index contributed by atoms with van der Waals surface area (Å²) in [6, 6.07) is 6.64. The number of fused-ring (bicyclic) bond motifs is 5. The lowest BCUT2D eigenvalue weighted by atomic mass is 9.85. The zero-order chi connectivity index (χ0) is 17.8. The van der Waals surface area contributed by atoms with Crippen LogP contribution in [0.3, 0.4) is 0 Å². The summed E-state index contributed by atoms with van der Waals surface area (Å²) in [5.74, 6) is -0.757. The number of carbonyl (C=O) groups excluding carboxylic acids is 3. The van der Waals surface area contributed by atoms with Crippen molar-refractivity contribution in [3.63, 3.8) is 0 Å². The number of hydrogen-bond donors (Lipinski definition) is 1. The van der Waals surface area contributed by atoms with Gasteiger partial charge in [0.1, 0.15) is 0 Å². The molecule has 6 nitrogen and oxygen atoms in total. The molecule has 7 heteroatoms. The van der Waals surface area contributed by atoms with E-state index < -0.39 is 0 Å². The Hall–Kier alpha value is -2.80. The normalized spacial score (nSPS) is 28.7. The highest BCUT2D eigenvalue weighted by atomic mass is 32.1. The second kappa shape index (κ2) is 5.60. The molecule has 1 aromatic carbocycles. The van der Waals surface area contributed by atoms with Crippen LogP contribution in [0.4, 0.5) is 10.8 Å². The van der Waals surface area contributed by atoms with Crippen molar-refractivity contribution in [3.05, 3.63) is 53.6 Å². The number of rotatable bonds is 3. The Balaban J connectivity index is 1.43. The van der Waals surface area contributed by atoms with E-state index in [1.807, 2.05) is 0 Å². The molecule has 0 radical (unpaired) electrons. The number of allylic oxidation sites excluding steroid dienone is 2. The summed E-state index contributed by atoms with van der Waals surface area (Å²) in [5.41, 5.74) is 0.844. The van der Waals surface area contributed by atoms with Gasteiger partial charge in [0, 0.05) is 17.1 Å². The van der Waals surface area contributed by atoms with Gasteiger partial charge in [-0.15, -0.1) is 11.3 Å². The minimum Gasteiger partial charge on any atom is -0.298 e. The molecule has 0 unspecified atom stereocenters. The number of amides is 3. The predicted molar refractivity (Wildman–Crippen MR) is 96.7 cm³/mol. The van der Waals surface area contributed by atoms with Crippen molar-refractivity contribution in [2.24, 2.45) is 23.7 Å². The number of hydrogen-bond acceptors (Lipinski definition) is 5. The molecule has 5 rings (SSSR count). The van der Waals surface area contributed by atoms with Crippen molar-refractivity contribution in [2.75, 3.05) is 10.2 Å². The molecule has 0 spiro atoms. The molecule has 3 amide bonds. The lowest BCUT2D eigenvalue weighted by Crippen LogP contribution is -2.33. The number of thiazole rings is 1. The van der Waals surface area contributed by atoms with Gasteiger partial charge in [0.25, 0.3) is 5.91 Å². The van der Waals surface area contributed by atoms with Crippen LogP contribution in [0.2, 0.25) is 0 Å². The molecule has 2 aliphatic carbocycles. The first-order valence-corrected chi connectivity index (χ1v) is 9.38. The van der Waals surface area contributed by atoms with E-state index in [1.54, 1.807) is 35.8 Å². The highest BCUT2D eigenvalue weighted by molar-refractivity contribution is 7.13. The average molecular weight is 365 g/mol.